The van der Waals surface area contributed by atoms with E-state index in [4.69, 9.17) is 4.42 Å². The molecule has 7 heteroatoms. The van der Waals surface area contributed by atoms with Gasteiger partial charge in [-0.15, -0.1) is 11.3 Å². The van der Waals surface area contributed by atoms with Crippen molar-refractivity contribution in [3.05, 3.63) is 113 Å². The Labute approximate surface area is 219 Å². The third kappa shape index (κ3) is 5.32. The number of nitrogens with one attached hydrogen (secondary N) is 1. The van der Waals surface area contributed by atoms with Crippen molar-refractivity contribution in [1.29, 1.82) is 0 Å². The summed E-state index contributed by atoms with van der Waals surface area (Å²) < 4.78 is 5.43. The minimum absolute atomic E-state index is 0.161. The molecule has 186 valence electrons. The van der Waals surface area contributed by atoms with Crippen LogP contribution in [0.25, 0.3) is 21.4 Å². The molecular weight excluding hydrogens is 482 g/mol. The smallest absolute Gasteiger partial charge is 0.274 e. The standard InChI is InChI=1S/C30H27N3O3S/c1-20(18-31-29(34)25-14-9-15-26-24(25)16-17-36-26)33(19-22-10-5-3-6-11-22)30(35)27-28(37-21(2)32-27)23-12-7-4-8-13-23/h3-17,20H,18-19H2,1-2H3,(H,31,34)/t20-/m0/s1. The predicted molar refractivity (Wildman–Crippen MR) is 147 cm³/mol. The number of thiazole rings is 1. The van der Waals surface area contributed by atoms with Crippen LogP contribution in [0.15, 0.2) is 95.6 Å². The van der Waals surface area contributed by atoms with E-state index in [1.165, 1.54) is 11.3 Å². The van der Waals surface area contributed by atoms with Gasteiger partial charge in [-0.2, -0.15) is 0 Å². The Morgan fingerprint density at radius 1 is 0.973 bits per heavy atom. The van der Waals surface area contributed by atoms with Crippen LogP contribution in [0.3, 0.4) is 0 Å². The first kappa shape index (κ1) is 24.5. The predicted octanol–water partition coefficient (Wildman–Crippen LogP) is 6.33. The first-order valence-electron chi connectivity index (χ1n) is 12.1. The molecule has 2 amide bonds. The van der Waals surface area contributed by atoms with Gasteiger partial charge < -0.3 is 14.6 Å². The third-order valence-corrected chi connectivity index (χ3v) is 7.28. The fourth-order valence-electron chi connectivity index (χ4n) is 4.34. The Kier molecular flexibility index (Phi) is 7.14. The normalized spacial score (nSPS) is 11.8. The van der Waals surface area contributed by atoms with Gasteiger partial charge in [-0.25, -0.2) is 4.98 Å². The molecule has 0 aliphatic heterocycles. The van der Waals surface area contributed by atoms with Gasteiger partial charge in [-0.1, -0.05) is 66.7 Å². The average Bonchev–Trinajstić information content (AvgIpc) is 3.57. The Morgan fingerprint density at radius 2 is 1.70 bits per heavy atom. The highest BCUT2D eigenvalue weighted by molar-refractivity contribution is 7.15. The van der Waals surface area contributed by atoms with Gasteiger partial charge in [-0.05, 0) is 43.2 Å². The minimum Gasteiger partial charge on any atom is -0.464 e. The molecule has 0 unspecified atom stereocenters. The van der Waals surface area contributed by atoms with E-state index in [2.05, 4.69) is 10.3 Å². The lowest BCUT2D eigenvalue weighted by atomic mass is 10.1. The molecule has 3 aromatic carbocycles. The maximum Gasteiger partial charge on any atom is 0.274 e. The zero-order valence-electron chi connectivity index (χ0n) is 20.7. The van der Waals surface area contributed by atoms with Crippen LogP contribution in [0.1, 0.15) is 38.3 Å². The number of nitrogens with zero attached hydrogens (tertiary/aromatic N) is 2. The molecule has 0 bridgehead atoms. The summed E-state index contributed by atoms with van der Waals surface area (Å²) in [6.45, 7) is 4.55. The number of amides is 2. The van der Waals surface area contributed by atoms with Crippen LogP contribution in [0, 0.1) is 6.92 Å². The van der Waals surface area contributed by atoms with E-state index in [1.807, 2.05) is 80.6 Å². The van der Waals surface area contributed by atoms with Gasteiger partial charge in [0.2, 0.25) is 0 Å². The van der Waals surface area contributed by atoms with Crippen molar-refractivity contribution < 1.29 is 14.0 Å². The molecule has 0 fully saturated rings. The van der Waals surface area contributed by atoms with E-state index in [0.717, 1.165) is 26.4 Å². The van der Waals surface area contributed by atoms with E-state index in [1.54, 1.807) is 29.4 Å². The summed E-state index contributed by atoms with van der Waals surface area (Å²) in [5.41, 5.74) is 3.61. The van der Waals surface area contributed by atoms with Crippen LogP contribution in [0.4, 0.5) is 0 Å². The molecule has 37 heavy (non-hydrogen) atoms. The highest BCUT2D eigenvalue weighted by Gasteiger charge is 2.28. The monoisotopic (exact) mass is 509 g/mol. The number of fused-ring (bicyclic) bond motifs is 1. The first-order valence-corrected chi connectivity index (χ1v) is 12.9. The second-order valence-corrected chi connectivity index (χ2v) is 10.1. The second-order valence-electron chi connectivity index (χ2n) is 8.89. The molecule has 6 nitrogen and oxygen atoms in total. The van der Waals surface area contributed by atoms with Gasteiger partial charge in [0.25, 0.3) is 11.8 Å². The Hall–Kier alpha value is -4.23. The lowest BCUT2D eigenvalue weighted by Crippen LogP contribution is -2.45. The highest BCUT2D eigenvalue weighted by atomic mass is 32.1. The van der Waals surface area contributed by atoms with Crippen LogP contribution >= 0.6 is 11.3 Å². The van der Waals surface area contributed by atoms with Gasteiger partial charge in [0.1, 0.15) is 11.3 Å². The molecule has 5 rings (SSSR count). The molecule has 2 aromatic heterocycles. The molecule has 1 N–H and O–H groups in total. The molecule has 0 saturated heterocycles. The number of aromatic nitrogens is 1. The van der Waals surface area contributed by atoms with Crippen molar-refractivity contribution in [1.82, 2.24) is 15.2 Å². The molecule has 5 aromatic rings. The van der Waals surface area contributed by atoms with E-state index < -0.39 is 0 Å². The van der Waals surface area contributed by atoms with E-state index >= 15 is 0 Å². The number of carbonyl (C=O) groups is 2. The van der Waals surface area contributed by atoms with Gasteiger partial charge in [0.05, 0.1) is 21.7 Å². The van der Waals surface area contributed by atoms with Crippen LogP contribution in [-0.4, -0.2) is 34.3 Å². The zero-order valence-corrected chi connectivity index (χ0v) is 21.5. The van der Waals surface area contributed by atoms with E-state index in [0.29, 0.717) is 23.4 Å². The SMILES string of the molecule is Cc1nc(C(=O)N(Cc2ccccc2)[C@@H](C)CNC(=O)c2cccc3occc23)c(-c2ccccc2)s1. The summed E-state index contributed by atoms with van der Waals surface area (Å²) in [4.78, 5) is 34.3. The lowest BCUT2D eigenvalue weighted by molar-refractivity contribution is 0.0660. The quantitative estimate of drug-likeness (QED) is 0.265. The largest absolute Gasteiger partial charge is 0.464 e. The minimum atomic E-state index is -0.286. The molecule has 0 saturated carbocycles. The Balaban J connectivity index is 1.41. The van der Waals surface area contributed by atoms with Crippen molar-refractivity contribution in [3.63, 3.8) is 0 Å². The Bertz CT molecular complexity index is 1530. The summed E-state index contributed by atoms with van der Waals surface area (Å²) in [7, 11) is 0. The molecule has 0 radical (unpaired) electrons. The van der Waals surface area contributed by atoms with Crippen molar-refractivity contribution in [2.24, 2.45) is 0 Å². The number of furan rings is 1. The van der Waals surface area contributed by atoms with Crippen LogP contribution < -0.4 is 5.32 Å². The highest BCUT2D eigenvalue weighted by Crippen LogP contribution is 2.31. The number of hydrogen-bond donors (Lipinski definition) is 1. The topological polar surface area (TPSA) is 75.4 Å². The number of benzene rings is 3. The number of aryl methyl sites for hydroxylation is 1. The average molecular weight is 510 g/mol. The fourth-order valence-corrected chi connectivity index (χ4v) is 5.25. The fraction of sp³-hybridized carbons (Fsp3) is 0.167. The Morgan fingerprint density at radius 3 is 2.46 bits per heavy atom. The van der Waals surface area contributed by atoms with Gasteiger partial charge >= 0.3 is 0 Å². The van der Waals surface area contributed by atoms with Crippen molar-refractivity contribution in [2.75, 3.05) is 6.54 Å². The maximum absolute atomic E-state index is 14.0. The maximum atomic E-state index is 14.0. The van der Waals surface area contributed by atoms with Crippen molar-refractivity contribution in [3.8, 4) is 10.4 Å². The van der Waals surface area contributed by atoms with Gasteiger partial charge in [0.15, 0.2) is 0 Å². The summed E-state index contributed by atoms with van der Waals surface area (Å²) in [6, 6.07) is 26.6. The zero-order chi connectivity index (χ0) is 25.8. The number of carbonyl (C=O) groups excluding carboxylic acids is 2. The van der Waals surface area contributed by atoms with E-state index in [9.17, 15) is 9.59 Å². The van der Waals surface area contributed by atoms with Gasteiger partial charge in [-0.3, -0.25) is 9.59 Å². The second kappa shape index (κ2) is 10.8. The summed E-state index contributed by atoms with van der Waals surface area (Å²) in [6.07, 6.45) is 1.57. The van der Waals surface area contributed by atoms with Crippen LogP contribution in [0.5, 0.6) is 0 Å². The molecule has 0 aliphatic rings. The van der Waals surface area contributed by atoms with Crippen molar-refractivity contribution >= 4 is 34.1 Å². The van der Waals surface area contributed by atoms with Crippen molar-refractivity contribution in [2.45, 2.75) is 26.4 Å². The molecule has 0 aliphatic carbocycles. The molecule has 1 atom stereocenters. The van der Waals surface area contributed by atoms with E-state index in [-0.39, 0.29) is 24.4 Å². The summed E-state index contributed by atoms with van der Waals surface area (Å²) in [5.74, 6) is -0.369. The molecule has 0 spiro atoms. The first-order chi connectivity index (χ1) is 18.0. The van der Waals surface area contributed by atoms with Gasteiger partial charge in [0, 0.05) is 24.5 Å². The lowest BCUT2D eigenvalue weighted by Gasteiger charge is -2.29. The summed E-state index contributed by atoms with van der Waals surface area (Å²) in [5, 5.41) is 4.60. The third-order valence-electron chi connectivity index (χ3n) is 6.26. The molecular formula is C30H27N3O3S. The van der Waals surface area contributed by atoms with Crippen LogP contribution in [0.2, 0.25) is 0 Å². The number of hydrogen-bond acceptors (Lipinski definition) is 5. The number of rotatable bonds is 8. The molecule has 2 heterocycles. The van der Waals surface area contributed by atoms with Crippen LogP contribution in [-0.2, 0) is 6.54 Å². The summed E-state index contributed by atoms with van der Waals surface area (Å²) >= 11 is 1.51.